The molecule has 0 rings (SSSR count). The molecule has 0 aliphatic heterocycles. The molecule has 30 heavy (non-hydrogen) atoms. The highest BCUT2D eigenvalue weighted by Crippen LogP contribution is 2.13. The summed E-state index contributed by atoms with van der Waals surface area (Å²) in [5, 5.41) is 21.8. The lowest BCUT2D eigenvalue weighted by atomic mass is 10.0. The van der Waals surface area contributed by atoms with Crippen molar-refractivity contribution in [3.8, 4) is 0 Å². The van der Waals surface area contributed by atoms with Crippen LogP contribution in [0.15, 0.2) is 0 Å². The van der Waals surface area contributed by atoms with Gasteiger partial charge in [-0.05, 0) is 6.92 Å². The minimum Gasteiger partial charge on any atom is -0.481 e. The van der Waals surface area contributed by atoms with E-state index in [9.17, 15) is 9.59 Å². The van der Waals surface area contributed by atoms with E-state index in [1.54, 1.807) is 6.92 Å². The van der Waals surface area contributed by atoms with Crippen molar-refractivity contribution in [1.82, 2.24) is 0 Å². The van der Waals surface area contributed by atoms with E-state index < -0.39 is 11.9 Å². The molecular weight excluding hydrogens is 378 g/mol. The molecule has 0 saturated heterocycles. The summed E-state index contributed by atoms with van der Waals surface area (Å²) in [6.45, 7) is 7.41. The molecule has 0 aliphatic carbocycles. The third-order valence-electron chi connectivity index (χ3n) is 4.83. The van der Waals surface area contributed by atoms with E-state index in [-0.39, 0.29) is 12.1 Å². The Morgan fingerprint density at radius 2 is 0.733 bits per heavy atom. The van der Waals surface area contributed by atoms with E-state index in [1.165, 1.54) is 116 Å². The van der Waals surface area contributed by atoms with Crippen LogP contribution < -0.4 is 0 Å². The van der Waals surface area contributed by atoms with Crippen molar-refractivity contribution in [2.75, 3.05) is 0 Å². The minimum absolute atomic E-state index is 0.222. The van der Waals surface area contributed by atoms with E-state index in [0.717, 1.165) is 0 Å². The summed E-state index contributed by atoms with van der Waals surface area (Å²) in [6, 6.07) is 0. The number of rotatable bonds is 18. The predicted molar refractivity (Wildman–Crippen MR) is 129 cm³/mol. The number of unbranched alkanes of at least 4 members (excludes halogenated alkanes) is 16. The van der Waals surface area contributed by atoms with Crippen LogP contribution in [0.2, 0.25) is 0 Å². The highest BCUT2D eigenvalue weighted by Gasteiger charge is 1.94. The van der Waals surface area contributed by atoms with Gasteiger partial charge in [0.25, 0.3) is 0 Å². The topological polar surface area (TPSA) is 98.5 Å². The minimum atomic E-state index is -1.16. The highest BCUT2D eigenvalue weighted by molar-refractivity contribution is 6.33. The summed E-state index contributed by atoms with van der Waals surface area (Å²) in [5.74, 6) is -1.90. The number of carboxylic acid groups (broad SMARTS) is 2. The number of carbonyl (C=O) groups is 2. The molecule has 0 bridgehead atoms. The zero-order valence-corrected chi connectivity index (χ0v) is 20.4. The lowest BCUT2D eigenvalue weighted by molar-refractivity contribution is -0.136. The first-order valence-corrected chi connectivity index (χ1v) is 12.3. The number of aliphatic carboxylic acids is 2. The fraction of sp³-hybridized carbons (Fsp3) is 0.880. The molecule has 0 aromatic heterocycles. The van der Waals surface area contributed by atoms with E-state index in [1.807, 2.05) is 0 Å². The van der Waals surface area contributed by atoms with Gasteiger partial charge in [-0.3, -0.25) is 10.2 Å². The summed E-state index contributed by atoms with van der Waals surface area (Å²) in [6.07, 6.45) is 25.1. The second-order valence-electron chi connectivity index (χ2n) is 7.98. The Bertz CT molecular complexity index is 355. The molecule has 0 radical (unpaired) electrons. The van der Waals surface area contributed by atoms with Crippen LogP contribution >= 0.6 is 0 Å². The average molecular weight is 430 g/mol. The van der Waals surface area contributed by atoms with Crippen LogP contribution in [0.3, 0.4) is 0 Å². The average Bonchev–Trinajstić information content (AvgIpc) is 2.71. The predicted octanol–water partition coefficient (Wildman–Crippen LogP) is 8.25. The molecule has 0 unspecified atom stereocenters. The standard InChI is InChI=1S/C19H40.C3H5NO2.C3H6O2/c1-3-5-7-9-11-13-15-17-19-18-16-14-12-10-8-6-4-2;1-2(4)3(5)6;1-2-3(4)5/h3-19H2,1-2H3;4H,1H3,(H,5,6);2H2,1H3,(H,4,5). The van der Waals surface area contributed by atoms with Gasteiger partial charge in [0, 0.05) is 6.42 Å². The molecule has 0 heterocycles. The maximum Gasteiger partial charge on any atom is 0.349 e. The van der Waals surface area contributed by atoms with Crippen molar-refractivity contribution in [3.05, 3.63) is 0 Å². The van der Waals surface area contributed by atoms with Gasteiger partial charge in [0.15, 0.2) is 0 Å². The van der Waals surface area contributed by atoms with Gasteiger partial charge in [0.1, 0.15) is 5.71 Å². The van der Waals surface area contributed by atoms with E-state index in [2.05, 4.69) is 13.8 Å². The Labute approximate surface area is 186 Å². The molecule has 0 atom stereocenters. The maximum atomic E-state index is 9.47. The lowest BCUT2D eigenvalue weighted by Crippen LogP contribution is -2.04. The smallest absolute Gasteiger partial charge is 0.349 e. The molecule has 180 valence electrons. The normalized spacial score (nSPS) is 9.73. The molecule has 0 aliphatic rings. The van der Waals surface area contributed by atoms with Crippen LogP contribution in [0.4, 0.5) is 0 Å². The van der Waals surface area contributed by atoms with Gasteiger partial charge in [0.05, 0.1) is 0 Å². The van der Waals surface area contributed by atoms with Gasteiger partial charge in [-0.25, -0.2) is 4.79 Å². The monoisotopic (exact) mass is 429 g/mol. The van der Waals surface area contributed by atoms with Crippen LogP contribution in [-0.2, 0) is 9.59 Å². The second kappa shape index (κ2) is 29.8. The summed E-state index contributed by atoms with van der Waals surface area (Å²) in [5.41, 5.74) is -0.324. The Kier molecular flexibility index (Phi) is 33.0. The van der Waals surface area contributed by atoms with Gasteiger partial charge in [0.2, 0.25) is 0 Å². The quantitative estimate of drug-likeness (QED) is 0.151. The Hall–Kier alpha value is -1.39. The summed E-state index contributed by atoms with van der Waals surface area (Å²) < 4.78 is 0. The van der Waals surface area contributed by atoms with Gasteiger partial charge < -0.3 is 10.2 Å². The van der Waals surface area contributed by atoms with E-state index in [0.29, 0.717) is 0 Å². The maximum absolute atomic E-state index is 9.47. The molecule has 0 aromatic carbocycles. The molecule has 0 aromatic rings. The molecule has 5 heteroatoms. The van der Waals surface area contributed by atoms with Crippen LogP contribution in [0.25, 0.3) is 0 Å². The first-order chi connectivity index (χ1) is 14.3. The van der Waals surface area contributed by atoms with E-state index in [4.69, 9.17) is 15.6 Å². The Morgan fingerprint density at radius 3 is 0.833 bits per heavy atom. The van der Waals surface area contributed by atoms with Crippen LogP contribution in [0, 0.1) is 5.41 Å². The zero-order valence-electron chi connectivity index (χ0n) is 20.4. The first kappa shape index (κ1) is 33.3. The highest BCUT2D eigenvalue weighted by atomic mass is 16.4. The first-order valence-electron chi connectivity index (χ1n) is 12.3. The summed E-state index contributed by atoms with van der Waals surface area (Å²) >= 11 is 0. The molecular formula is C25H51NO4. The van der Waals surface area contributed by atoms with E-state index >= 15 is 0 Å². The molecule has 5 nitrogen and oxygen atoms in total. The fourth-order valence-electron chi connectivity index (χ4n) is 2.80. The molecule has 0 saturated carbocycles. The van der Waals surface area contributed by atoms with Crippen LogP contribution in [-0.4, -0.2) is 27.9 Å². The lowest BCUT2D eigenvalue weighted by Gasteiger charge is -2.03. The van der Waals surface area contributed by atoms with Crippen molar-refractivity contribution in [3.63, 3.8) is 0 Å². The van der Waals surface area contributed by atoms with Crippen molar-refractivity contribution in [2.24, 2.45) is 0 Å². The number of nitrogens with one attached hydrogen (secondary N) is 1. The third kappa shape index (κ3) is 41.1. The van der Waals surface area contributed by atoms with Crippen molar-refractivity contribution in [2.45, 2.75) is 143 Å². The van der Waals surface area contributed by atoms with Crippen molar-refractivity contribution in [1.29, 1.82) is 5.41 Å². The SMILES string of the molecule is CC(=N)C(=O)O.CCC(=O)O.CCCCCCCCCCCCCCCCCCC. The van der Waals surface area contributed by atoms with Crippen molar-refractivity contribution >= 4 is 17.7 Å². The summed E-state index contributed by atoms with van der Waals surface area (Å²) in [7, 11) is 0. The van der Waals surface area contributed by atoms with Gasteiger partial charge in [-0.1, -0.05) is 130 Å². The summed E-state index contributed by atoms with van der Waals surface area (Å²) in [4.78, 5) is 18.8. The number of hydrogen-bond donors (Lipinski definition) is 3. The number of carboxylic acids is 2. The van der Waals surface area contributed by atoms with Crippen LogP contribution in [0.5, 0.6) is 0 Å². The second-order valence-corrected chi connectivity index (χ2v) is 7.98. The van der Waals surface area contributed by atoms with Gasteiger partial charge in [-0.15, -0.1) is 0 Å². The fourth-order valence-corrected chi connectivity index (χ4v) is 2.80. The molecule has 0 fully saturated rings. The molecule has 0 spiro atoms. The number of hydrogen-bond acceptors (Lipinski definition) is 3. The van der Waals surface area contributed by atoms with Gasteiger partial charge >= 0.3 is 11.9 Å². The molecule has 0 amide bonds. The largest absolute Gasteiger partial charge is 0.481 e. The van der Waals surface area contributed by atoms with Crippen molar-refractivity contribution < 1.29 is 19.8 Å². The Morgan fingerprint density at radius 1 is 0.567 bits per heavy atom. The Balaban J connectivity index is -0.000000541. The third-order valence-corrected chi connectivity index (χ3v) is 4.83. The zero-order chi connectivity index (χ0) is 23.5. The molecule has 3 N–H and O–H groups in total. The van der Waals surface area contributed by atoms with Crippen LogP contribution in [0.1, 0.15) is 143 Å². The van der Waals surface area contributed by atoms with Gasteiger partial charge in [-0.2, -0.15) is 0 Å².